The Balaban J connectivity index is 1.43. The number of imidazole rings is 1. The van der Waals surface area contributed by atoms with Gasteiger partial charge in [-0.15, -0.1) is 11.3 Å². The van der Waals surface area contributed by atoms with Crippen LogP contribution in [0.1, 0.15) is 31.8 Å². The van der Waals surface area contributed by atoms with Crippen LogP contribution in [0.3, 0.4) is 0 Å². The lowest BCUT2D eigenvalue weighted by molar-refractivity contribution is 0.0948. The number of amides is 1. The highest BCUT2D eigenvalue weighted by Crippen LogP contribution is 2.22. The lowest BCUT2D eigenvalue weighted by Crippen LogP contribution is -2.27. The second kappa shape index (κ2) is 7.94. The first-order chi connectivity index (χ1) is 13.6. The van der Waals surface area contributed by atoms with E-state index in [1.165, 1.54) is 5.56 Å². The number of thiazole rings is 1. The molecule has 0 saturated carbocycles. The number of aryl methyl sites for hydroxylation is 2. The van der Waals surface area contributed by atoms with Crippen molar-refractivity contribution in [2.75, 3.05) is 6.54 Å². The number of fused-ring (bicyclic) bond motifs is 1. The topological polar surface area (TPSA) is 59.8 Å². The van der Waals surface area contributed by atoms with Gasteiger partial charge in [0.25, 0.3) is 5.91 Å². The number of para-hydroxylation sites is 2. The largest absolute Gasteiger partial charge is 0.350 e. The van der Waals surface area contributed by atoms with Gasteiger partial charge in [0.05, 0.1) is 16.0 Å². The van der Waals surface area contributed by atoms with E-state index in [0.29, 0.717) is 18.7 Å². The zero-order valence-corrected chi connectivity index (χ0v) is 16.8. The summed E-state index contributed by atoms with van der Waals surface area (Å²) in [6.45, 7) is 2.47. The molecule has 142 valence electrons. The van der Waals surface area contributed by atoms with Gasteiger partial charge in [-0.25, -0.2) is 9.97 Å². The van der Waals surface area contributed by atoms with E-state index in [4.69, 9.17) is 0 Å². The lowest BCUT2D eigenvalue weighted by Gasteiger charge is -2.06. The SMILES string of the molecule is Cc1nc(C(=O)NCCc2nc3ccccc3n2C)c(Cc2ccccc2)s1. The Hall–Kier alpha value is -2.99. The lowest BCUT2D eigenvalue weighted by atomic mass is 10.1. The maximum absolute atomic E-state index is 12.7. The zero-order chi connectivity index (χ0) is 19.5. The molecule has 1 amide bonds. The Morgan fingerprint density at radius 1 is 1.07 bits per heavy atom. The van der Waals surface area contributed by atoms with Crippen molar-refractivity contribution in [1.29, 1.82) is 0 Å². The predicted octanol–water partition coefficient (Wildman–Crippen LogP) is 3.90. The first-order valence-corrected chi connectivity index (χ1v) is 10.1. The monoisotopic (exact) mass is 390 g/mol. The fourth-order valence-electron chi connectivity index (χ4n) is 3.34. The Morgan fingerprint density at radius 3 is 2.61 bits per heavy atom. The Kier molecular flexibility index (Phi) is 5.21. The third-order valence-electron chi connectivity index (χ3n) is 4.74. The first kappa shape index (κ1) is 18.4. The third kappa shape index (κ3) is 3.82. The van der Waals surface area contributed by atoms with Crippen LogP contribution in [-0.4, -0.2) is 27.0 Å². The fraction of sp³-hybridized carbons (Fsp3) is 0.227. The molecule has 0 bridgehead atoms. The van der Waals surface area contributed by atoms with E-state index < -0.39 is 0 Å². The Morgan fingerprint density at radius 2 is 1.82 bits per heavy atom. The normalized spacial score (nSPS) is 11.1. The van der Waals surface area contributed by atoms with Crippen LogP contribution in [0, 0.1) is 6.92 Å². The van der Waals surface area contributed by atoms with Crippen LogP contribution in [0.2, 0.25) is 0 Å². The highest BCUT2D eigenvalue weighted by Gasteiger charge is 2.17. The molecule has 4 aromatic rings. The molecule has 0 spiro atoms. The molecular weight excluding hydrogens is 368 g/mol. The molecule has 0 saturated heterocycles. The molecule has 2 aromatic heterocycles. The van der Waals surface area contributed by atoms with E-state index in [1.54, 1.807) is 11.3 Å². The van der Waals surface area contributed by atoms with Crippen LogP contribution in [0.4, 0.5) is 0 Å². The van der Waals surface area contributed by atoms with Crippen molar-refractivity contribution in [1.82, 2.24) is 19.9 Å². The van der Waals surface area contributed by atoms with Gasteiger partial charge >= 0.3 is 0 Å². The van der Waals surface area contributed by atoms with Gasteiger partial charge in [0.15, 0.2) is 0 Å². The summed E-state index contributed by atoms with van der Waals surface area (Å²) in [5.74, 6) is 0.842. The smallest absolute Gasteiger partial charge is 0.271 e. The fourth-order valence-corrected chi connectivity index (χ4v) is 4.31. The molecule has 28 heavy (non-hydrogen) atoms. The second-order valence-electron chi connectivity index (χ2n) is 6.75. The quantitative estimate of drug-likeness (QED) is 0.543. The Bertz CT molecular complexity index is 1110. The van der Waals surface area contributed by atoms with Crippen LogP contribution in [-0.2, 0) is 19.9 Å². The number of nitrogens with one attached hydrogen (secondary N) is 1. The summed E-state index contributed by atoms with van der Waals surface area (Å²) >= 11 is 1.58. The summed E-state index contributed by atoms with van der Waals surface area (Å²) in [5.41, 5.74) is 3.80. The van der Waals surface area contributed by atoms with Crippen LogP contribution < -0.4 is 5.32 Å². The van der Waals surface area contributed by atoms with Gasteiger partial charge in [-0.05, 0) is 24.6 Å². The van der Waals surface area contributed by atoms with Crippen molar-refractivity contribution in [2.45, 2.75) is 19.8 Å². The van der Waals surface area contributed by atoms with Crippen molar-refractivity contribution in [3.05, 3.63) is 81.6 Å². The minimum Gasteiger partial charge on any atom is -0.350 e. The molecule has 0 unspecified atom stereocenters. The number of nitrogens with zero attached hydrogens (tertiary/aromatic N) is 3. The molecule has 6 heteroatoms. The maximum atomic E-state index is 12.7. The van der Waals surface area contributed by atoms with Gasteiger partial charge in [0.1, 0.15) is 11.5 Å². The molecule has 0 aliphatic heterocycles. The summed E-state index contributed by atoms with van der Waals surface area (Å²) in [4.78, 5) is 22.9. The molecule has 0 aliphatic rings. The molecular formula is C22H22N4OS. The molecule has 2 heterocycles. The third-order valence-corrected chi connectivity index (χ3v) is 5.71. The van der Waals surface area contributed by atoms with Crippen LogP contribution in [0.15, 0.2) is 54.6 Å². The number of benzene rings is 2. The second-order valence-corrected chi connectivity index (χ2v) is 8.04. The van der Waals surface area contributed by atoms with Crippen molar-refractivity contribution < 1.29 is 4.79 Å². The minimum atomic E-state index is -0.117. The number of hydrogen-bond donors (Lipinski definition) is 1. The summed E-state index contributed by atoms with van der Waals surface area (Å²) in [7, 11) is 2.01. The predicted molar refractivity (Wildman–Crippen MR) is 113 cm³/mol. The van der Waals surface area contributed by atoms with Gasteiger partial charge < -0.3 is 9.88 Å². The highest BCUT2D eigenvalue weighted by atomic mass is 32.1. The standard InChI is InChI=1S/C22H22N4OS/c1-15-24-21(19(28-15)14-16-8-4-3-5-9-16)22(27)23-13-12-20-25-17-10-6-7-11-18(17)26(20)2/h3-11H,12-14H2,1-2H3,(H,23,27). The molecule has 5 nitrogen and oxygen atoms in total. The van der Waals surface area contributed by atoms with Crippen molar-refractivity contribution in [2.24, 2.45) is 7.05 Å². The molecule has 2 aromatic carbocycles. The molecule has 0 fully saturated rings. The molecule has 0 radical (unpaired) electrons. The summed E-state index contributed by atoms with van der Waals surface area (Å²) in [6, 6.07) is 18.2. The highest BCUT2D eigenvalue weighted by molar-refractivity contribution is 7.11. The first-order valence-electron chi connectivity index (χ1n) is 9.30. The van der Waals surface area contributed by atoms with E-state index in [9.17, 15) is 4.79 Å². The number of carbonyl (C=O) groups excluding carboxylic acids is 1. The molecule has 1 N–H and O–H groups in total. The number of aromatic nitrogens is 3. The van der Waals surface area contributed by atoms with Crippen molar-refractivity contribution >= 4 is 28.3 Å². The Labute approximate surface area is 168 Å². The molecule has 0 aliphatic carbocycles. The number of rotatable bonds is 6. The number of carbonyl (C=O) groups is 1. The van der Waals surface area contributed by atoms with E-state index in [1.807, 2.05) is 50.4 Å². The molecule has 4 rings (SSSR count). The van der Waals surface area contributed by atoms with E-state index >= 15 is 0 Å². The van der Waals surface area contributed by atoms with Gasteiger partial charge in [0, 0.05) is 31.3 Å². The van der Waals surface area contributed by atoms with Crippen LogP contribution in [0.25, 0.3) is 11.0 Å². The van der Waals surface area contributed by atoms with Crippen LogP contribution in [0.5, 0.6) is 0 Å². The van der Waals surface area contributed by atoms with Gasteiger partial charge in [-0.1, -0.05) is 42.5 Å². The number of hydrogen-bond acceptors (Lipinski definition) is 4. The van der Waals surface area contributed by atoms with Gasteiger partial charge in [0.2, 0.25) is 0 Å². The zero-order valence-electron chi connectivity index (χ0n) is 16.0. The summed E-state index contributed by atoms with van der Waals surface area (Å²) in [6.07, 6.45) is 1.40. The van der Waals surface area contributed by atoms with Crippen molar-refractivity contribution in [3.8, 4) is 0 Å². The van der Waals surface area contributed by atoms with Gasteiger partial charge in [-0.2, -0.15) is 0 Å². The summed E-state index contributed by atoms with van der Waals surface area (Å²) < 4.78 is 2.08. The maximum Gasteiger partial charge on any atom is 0.271 e. The summed E-state index contributed by atoms with van der Waals surface area (Å²) in [5, 5.41) is 3.92. The average molecular weight is 391 g/mol. The van der Waals surface area contributed by atoms with E-state index in [0.717, 1.165) is 33.2 Å². The minimum absolute atomic E-state index is 0.117. The van der Waals surface area contributed by atoms with E-state index in [2.05, 4.69) is 38.1 Å². The molecule has 0 atom stereocenters. The van der Waals surface area contributed by atoms with E-state index in [-0.39, 0.29) is 5.91 Å². The van der Waals surface area contributed by atoms with Crippen LogP contribution >= 0.6 is 11.3 Å². The average Bonchev–Trinajstić information content (AvgIpc) is 3.23. The van der Waals surface area contributed by atoms with Gasteiger partial charge in [-0.3, -0.25) is 4.79 Å². The van der Waals surface area contributed by atoms with Crippen molar-refractivity contribution in [3.63, 3.8) is 0 Å².